The van der Waals surface area contributed by atoms with Crippen LogP contribution < -0.4 is 10.2 Å². The quantitative estimate of drug-likeness (QED) is 0.362. The van der Waals surface area contributed by atoms with Crippen LogP contribution in [0.2, 0.25) is 0 Å². The summed E-state index contributed by atoms with van der Waals surface area (Å²) in [4.78, 5) is 36.8. The third-order valence-electron chi connectivity index (χ3n) is 5.64. The van der Waals surface area contributed by atoms with Crippen molar-refractivity contribution >= 4 is 22.9 Å². The minimum absolute atomic E-state index is 0.0646. The number of aliphatic hydroxyl groups is 1. The first-order chi connectivity index (χ1) is 17.5. The predicted molar refractivity (Wildman–Crippen MR) is 125 cm³/mol. The lowest BCUT2D eigenvalue weighted by Crippen LogP contribution is -2.61. The number of carbonyl (C=O) groups is 2. The fourth-order valence-electron chi connectivity index (χ4n) is 4.06. The monoisotopic (exact) mass is 516 g/mol. The van der Waals surface area contributed by atoms with E-state index in [1.54, 1.807) is 0 Å². The average Bonchev–Trinajstić information content (AvgIpc) is 2.80. The van der Waals surface area contributed by atoms with Crippen LogP contribution in [0.25, 0.3) is 22.3 Å². The number of fused-ring (bicyclic) bond motifs is 1. The van der Waals surface area contributed by atoms with Gasteiger partial charge in [-0.05, 0) is 31.2 Å². The normalized spacial score (nSPS) is 23.4. The zero-order valence-corrected chi connectivity index (χ0v) is 19.9. The van der Waals surface area contributed by atoms with Gasteiger partial charge in [-0.15, -0.1) is 0 Å². The lowest BCUT2D eigenvalue weighted by Gasteiger charge is -2.41. The molecule has 4 N–H and O–H groups in total. The molecule has 1 aliphatic heterocycles. The number of phenolic OH excluding ortho intramolecular Hbond substituents is 3. The van der Waals surface area contributed by atoms with E-state index in [-0.39, 0.29) is 33.8 Å². The maximum absolute atomic E-state index is 13.5. The summed E-state index contributed by atoms with van der Waals surface area (Å²) in [6.45, 7) is 3.73. The third kappa shape index (κ3) is 5.15. The first-order valence-electron chi connectivity index (χ1n) is 11.1. The summed E-state index contributed by atoms with van der Waals surface area (Å²) in [7, 11) is 0. The zero-order valence-electron chi connectivity index (χ0n) is 19.9. The lowest BCUT2D eigenvalue weighted by atomic mass is 9.99. The predicted octanol–water partition coefficient (Wildman–Crippen LogP) is 1.92. The van der Waals surface area contributed by atoms with E-state index < -0.39 is 59.6 Å². The molecule has 0 saturated carbocycles. The molecule has 2 aromatic carbocycles. The van der Waals surface area contributed by atoms with Gasteiger partial charge in [-0.2, -0.15) is 0 Å². The van der Waals surface area contributed by atoms with E-state index >= 15 is 0 Å². The number of aliphatic hydroxyl groups excluding tert-OH is 1. The number of hydrogen-bond donors (Lipinski definition) is 4. The fourth-order valence-corrected chi connectivity index (χ4v) is 4.06. The van der Waals surface area contributed by atoms with Gasteiger partial charge in [-0.25, -0.2) is 0 Å². The molecule has 4 rings (SSSR count). The van der Waals surface area contributed by atoms with Crippen LogP contribution in [0.3, 0.4) is 0 Å². The fraction of sp³-hybridized carbons (Fsp3) is 0.320. The Bertz CT molecular complexity index is 1390. The van der Waals surface area contributed by atoms with E-state index in [1.165, 1.54) is 31.2 Å². The van der Waals surface area contributed by atoms with E-state index in [2.05, 4.69) is 0 Å². The number of hydrogen-bond acceptors (Lipinski definition) is 12. The first kappa shape index (κ1) is 25.8. The van der Waals surface area contributed by atoms with Gasteiger partial charge in [0.05, 0.1) is 6.10 Å². The average molecular weight is 516 g/mol. The highest BCUT2D eigenvalue weighted by atomic mass is 16.7. The number of phenols is 3. The Labute approximate surface area is 209 Å². The van der Waals surface area contributed by atoms with Crippen molar-refractivity contribution in [2.75, 3.05) is 0 Å². The molecule has 0 spiro atoms. The van der Waals surface area contributed by atoms with Crippen molar-refractivity contribution in [3.63, 3.8) is 0 Å². The maximum atomic E-state index is 13.5. The molecule has 37 heavy (non-hydrogen) atoms. The molecule has 12 heteroatoms. The van der Waals surface area contributed by atoms with E-state index in [9.17, 15) is 34.8 Å². The van der Waals surface area contributed by atoms with Crippen molar-refractivity contribution < 1.29 is 53.4 Å². The number of esters is 2. The molecule has 12 nitrogen and oxygen atoms in total. The number of benzene rings is 2. The Morgan fingerprint density at radius 3 is 2.16 bits per heavy atom. The molecule has 3 aromatic rings. The van der Waals surface area contributed by atoms with Gasteiger partial charge < -0.3 is 43.8 Å². The van der Waals surface area contributed by atoms with Crippen LogP contribution in [0.15, 0.2) is 45.6 Å². The van der Waals surface area contributed by atoms with Crippen molar-refractivity contribution in [2.24, 2.45) is 0 Å². The SMILES string of the molecule is CC(=O)O[C@@H]1[C@H](O)[C@H](Oc2c(-c3ccc(O)cc3)oc3cc(O)cc(O)c3c2=O)O[C@H](C)[C@H]1OC(C)=O. The molecule has 0 unspecified atom stereocenters. The van der Waals surface area contributed by atoms with Crippen LogP contribution in [0.4, 0.5) is 0 Å². The van der Waals surface area contributed by atoms with Gasteiger partial charge in [0, 0.05) is 31.5 Å². The Kier molecular flexibility index (Phi) is 6.96. The number of aromatic hydroxyl groups is 3. The Hall–Kier alpha value is -4.29. The van der Waals surface area contributed by atoms with Crippen molar-refractivity contribution in [1.82, 2.24) is 0 Å². The van der Waals surface area contributed by atoms with E-state index in [0.29, 0.717) is 0 Å². The standard InChI is InChI=1S/C25H24O12/c1-10-21(34-11(2)26)24(35-12(3)27)20(32)25(33-10)37-23-19(31)18-16(30)8-15(29)9-17(18)36-22(23)13-4-6-14(28)7-5-13/h4-10,20-21,24-25,28-30,32H,1-3H3/t10-,20+,21-,24-,25+/m1/s1. The minimum Gasteiger partial charge on any atom is -0.508 e. The summed E-state index contributed by atoms with van der Waals surface area (Å²) in [6.07, 6.45) is -6.85. The van der Waals surface area contributed by atoms with Crippen molar-refractivity contribution in [2.45, 2.75) is 51.5 Å². The molecule has 5 atom stereocenters. The zero-order chi connectivity index (χ0) is 27.0. The number of ether oxygens (including phenoxy) is 4. The first-order valence-corrected chi connectivity index (χ1v) is 11.1. The highest BCUT2D eigenvalue weighted by Gasteiger charge is 2.49. The lowest BCUT2D eigenvalue weighted by molar-refractivity contribution is -0.276. The molecule has 1 saturated heterocycles. The van der Waals surface area contributed by atoms with Crippen LogP contribution >= 0.6 is 0 Å². The van der Waals surface area contributed by atoms with E-state index in [0.717, 1.165) is 26.0 Å². The Balaban J connectivity index is 1.83. The maximum Gasteiger partial charge on any atom is 0.303 e. The topological polar surface area (TPSA) is 182 Å². The Morgan fingerprint density at radius 1 is 0.919 bits per heavy atom. The van der Waals surface area contributed by atoms with Crippen LogP contribution in [0, 0.1) is 0 Å². The summed E-state index contributed by atoms with van der Waals surface area (Å²) in [5.74, 6) is -3.14. The summed E-state index contributed by atoms with van der Waals surface area (Å²) in [5, 5.41) is 40.5. The van der Waals surface area contributed by atoms with Gasteiger partial charge in [-0.3, -0.25) is 14.4 Å². The molecule has 0 radical (unpaired) electrons. The molecular weight excluding hydrogens is 492 g/mol. The molecule has 2 heterocycles. The van der Waals surface area contributed by atoms with Crippen molar-refractivity contribution in [1.29, 1.82) is 0 Å². The van der Waals surface area contributed by atoms with Gasteiger partial charge >= 0.3 is 11.9 Å². The van der Waals surface area contributed by atoms with Crippen molar-refractivity contribution in [3.05, 3.63) is 46.6 Å². The molecule has 0 bridgehead atoms. The molecule has 0 aliphatic carbocycles. The van der Waals surface area contributed by atoms with E-state index in [1.807, 2.05) is 0 Å². The molecule has 0 amide bonds. The highest BCUT2D eigenvalue weighted by Crippen LogP contribution is 2.37. The molecule has 196 valence electrons. The number of carbonyl (C=O) groups excluding carboxylic acids is 2. The van der Waals surface area contributed by atoms with Crippen LogP contribution in [-0.4, -0.2) is 63.1 Å². The van der Waals surface area contributed by atoms with Gasteiger partial charge in [-0.1, -0.05) is 0 Å². The van der Waals surface area contributed by atoms with Gasteiger partial charge in [0.2, 0.25) is 17.5 Å². The Morgan fingerprint density at radius 2 is 1.54 bits per heavy atom. The second-order valence-corrected chi connectivity index (χ2v) is 8.44. The largest absolute Gasteiger partial charge is 0.508 e. The van der Waals surface area contributed by atoms with Crippen LogP contribution in [-0.2, 0) is 23.8 Å². The van der Waals surface area contributed by atoms with Gasteiger partial charge in [0.15, 0.2) is 24.1 Å². The third-order valence-corrected chi connectivity index (χ3v) is 5.64. The summed E-state index contributed by atoms with van der Waals surface area (Å²) >= 11 is 0. The smallest absolute Gasteiger partial charge is 0.303 e. The summed E-state index contributed by atoms with van der Waals surface area (Å²) in [5.41, 5.74) is -0.761. The summed E-state index contributed by atoms with van der Waals surface area (Å²) in [6, 6.07) is 7.58. The van der Waals surface area contributed by atoms with Crippen LogP contribution in [0.1, 0.15) is 20.8 Å². The summed E-state index contributed by atoms with van der Waals surface area (Å²) < 4.78 is 27.7. The molecule has 1 aliphatic rings. The molecule has 1 aromatic heterocycles. The highest BCUT2D eigenvalue weighted by molar-refractivity contribution is 5.88. The van der Waals surface area contributed by atoms with E-state index in [4.69, 9.17) is 23.4 Å². The second kappa shape index (κ2) is 9.99. The van der Waals surface area contributed by atoms with Gasteiger partial charge in [0.25, 0.3) is 0 Å². The molecular formula is C25H24O12. The van der Waals surface area contributed by atoms with Crippen molar-refractivity contribution in [3.8, 4) is 34.3 Å². The number of rotatable bonds is 5. The minimum atomic E-state index is -1.72. The second-order valence-electron chi connectivity index (χ2n) is 8.44. The van der Waals surface area contributed by atoms with Crippen LogP contribution in [0.5, 0.6) is 23.0 Å². The molecule has 1 fully saturated rings. The van der Waals surface area contributed by atoms with Gasteiger partial charge in [0.1, 0.15) is 28.2 Å².